The summed E-state index contributed by atoms with van der Waals surface area (Å²) in [6.07, 6.45) is 2.45. The first-order valence-corrected chi connectivity index (χ1v) is 11.9. The van der Waals surface area contributed by atoms with Crippen LogP contribution in [0.4, 0.5) is 0 Å². The summed E-state index contributed by atoms with van der Waals surface area (Å²) in [6.45, 7) is 4.53. The fraction of sp³-hybridized carbons (Fsp3) is 0.192. The summed E-state index contributed by atoms with van der Waals surface area (Å²) in [5.41, 5.74) is 2.27. The molecule has 3 aromatic carbocycles. The molecule has 7 heteroatoms. The molecule has 4 rings (SSSR count). The lowest BCUT2D eigenvalue weighted by molar-refractivity contribution is 0.306. The summed E-state index contributed by atoms with van der Waals surface area (Å²) in [5, 5.41) is 5.48. The van der Waals surface area contributed by atoms with E-state index in [1.165, 1.54) is 4.68 Å². The Labute approximate surface area is 205 Å². The minimum Gasteiger partial charge on any atom is -0.487 e. The molecule has 168 valence electrons. The van der Waals surface area contributed by atoms with E-state index < -0.39 is 0 Å². The van der Waals surface area contributed by atoms with Gasteiger partial charge in [0.25, 0.3) is 5.56 Å². The largest absolute Gasteiger partial charge is 0.487 e. The van der Waals surface area contributed by atoms with Gasteiger partial charge in [-0.1, -0.05) is 71.7 Å². The predicted molar refractivity (Wildman–Crippen MR) is 138 cm³/mol. The molecule has 4 aromatic rings. The summed E-state index contributed by atoms with van der Waals surface area (Å²) in [5.74, 6) is 1.29. The van der Waals surface area contributed by atoms with E-state index in [4.69, 9.17) is 21.3 Å². The summed E-state index contributed by atoms with van der Waals surface area (Å²) < 4.78 is 8.04. The predicted octanol–water partition coefficient (Wildman–Crippen LogP) is 6.79. The summed E-state index contributed by atoms with van der Waals surface area (Å²) in [7, 11) is 0. The molecule has 0 spiro atoms. The average Bonchev–Trinajstić information content (AvgIpc) is 2.83. The third kappa shape index (κ3) is 5.34. The molecule has 0 aliphatic carbocycles. The lowest BCUT2D eigenvalue weighted by Gasteiger charge is -2.14. The monoisotopic (exact) mass is 523 g/mol. The quantitative estimate of drug-likeness (QED) is 0.250. The van der Waals surface area contributed by atoms with Crippen molar-refractivity contribution in [3.05, 3.63) is 104 Å². The van der Waals surface area contributed by atoms with Crippen molar-refractivity contribution in [3.63, 3.8) is 0 Å². The maximum absolute atomic E-state index is 13.2. The Kier molecular flexibility index (Phi) is 7.26. The molecular weight excluding hydrogens is 502 g/mol. The van der Waals surface area contributed by atoms with E-state index in [9.17, 15) is 4.79 Å². The highest BCUT2D eigenvalue weighted by Crippen LogP contribution is 2.26. The summed E-state index contributed by atoms with van der Waals surface area (Å²) in [4.78, 5) is 18.0. The van der Waals surface area contributed by atoms with Crippen molar-refractivity contribution >= 4 is 44.6 Å². The number of hydrogen-bond donors (Lipinski definition) is 0. The van der Waals surface area contributed by atoms with Gasteiger partial charge in [0.2, 0.25) is 0 Å². The van der Waals surface area contributed by atoms with Gasteiger partial charge >= 0.3 is 0 Å². The van der Waals surface area contributed by atoms with Crippen LogP contribution in [0.2, 0.25) is 5.02 Å². The lowest BCUT2D eigenvalue weighted by Crippen LogP contribution is -2.23. The van der Waals surface area contributed by atoms with Gasteiger partial charge in [0.1, 0.15) is 18.2 Å². The van der Waals surface area contributed by atoms with Gasteiger partial charge in [-0.05, 0) is 53.9 Å². The molecule has 33 heavy (non-hydrogen) atoms. The normalized spacial score (nSPS) is 12.4. The van der Waals surface area contributed by atoms with Gasteiger partial charge in [0.05, 0.1) is 22.1 Å². The molecule has 0 fully saturated rings. The Morgan fingerprint density at radius 3 is 2.67 bits per heavy atom. The zero-order valence-electron chi connectivity index (χ0n) is 18.3. The number of nitrogens with zero attached hydrogens (tertiary/aromatic N) is 3. The van der Waals surface area contributed by atoms with Crippen molar-refractivity contribution in [2.45, 2.75) is 32.8 Å². The zero-order chi connectivity index (χ0) is 23.4. The minimum atomic E-state index is -0.207. The van der Waals surface area contributed by atoms with Gasteiger partial charge in [0, 0.05) is 10.4 Å². The second-order valence-electron chi connectivity index (χ2n) is 7.77. The second kappa shape index (κ2) is 10.3. The molecule has 0 unspecified atom stereocenters. The van der Waals surface area contributed by atoms with Crippen LogP contribution in [0, 0.1) is 0 Å². The molecule has 0 N–H and O–H groups in total. The van der Waals surface area contributed by atoms with Gasteiger partial charge in [-0.3, -0.25) is 4.79 Å². The number of ether oxygens (including phenoxy) is 1. The van der Waals surface area contributed by atoms with Gasteiger partial charge in [0.15, 0.2) is 0 Å². The molecule has 0 amide bonds. The van der Waals surface area contributed by atoms with Crippen molar-refractivity contribution in [3.8, 4) is 5.75 Å². The van der Waals surface area contributed by atoms with Crippen molar-refractivity contribution < 1.29 is 4.74 Å². The molecule has 1 atom stereocenters. The van der Waals surface area contributed by atoms with Crippen LogP contribution in [-0.4, -0.2) is 15.9 Å². The van der Waals surface area contributed by atoms with E-state index in [1.807, 2.05) is 55.5 Å². The number of halogens is 2. The third-order valence-corrected chi connectivity index (χ3v) is 6.19. The van der Waals surface area contributed by atoms with Crippen molar-refractivity contribution in [1.29, 1.82) is 0 Å². The third-order valence-electron chi connectivity index (χ3n) is 5.40. The smallest absolute Gasteiger partial charge is 0.282 e. The second-order valence-corrected chi connectivity index (χ2v) is 9.09. The van der Waals surface area contributed by atoms with Gasteiger partial charge < -0.3 is 4.74 Å². The molecule has 0 aliphatic rings. The highest BCUT2D eigenvalue weighted by Gasteiger charge is 2.15. The SMILES string of the molecule is CC[C@@H](C)c1nc2ccc(Br)cc2c(=O)n1N=Cc1ccc(OCc2ccccc2)c(Cl)c1. The van der Waals surface area contributed by atoms with Crippen LogP contribution in [0.1, 0.15) is 43.1 Å². The molecule has 0 saturated carbocycles. The van der Waals surface area contributed by atoms with Crippen LogP contribution in [-0.2, 0) is 6.61 Å². The molecule has 0 aliphatic heterocycles. The summed E-state index contributed by atoms with van der Waals surface area (Å²) >= 11 is 9.86. The highest BCUT2D eigenvalue weighted by molar-refractivity contribution is 9.10. The van der Waals surface area contributed by atoms with E-state index in [-0.39, 0.29) is 11.5 Å². The molecule has 0 radical (unpaired) electrons. The molecule has 0 saturated heterocycles. The van der Waals surface area contributed by atoms with Crippen molar-refractivity contribution in [2.75, 3.05) is 0 Å². The Morgan fingerprint density at radius 2 is 1.94 bits per heavy atom. The Hall–Kier alpha value is -2.96. The summed E-state index contributed by atoms with van der Waals surface area (Å²) in [6, 6.07) is 20.8. The van der Waals surface area contributed by atoms with E-state index in [2.05, 4.69) is 28.0 Å². The van der Waals surface area contributed by atoms with Crippen LogP contribution >= 0.6 is 27.5 Å². The van der Waals surface area contributed by atoms with Crippen molar-refractivity contribution in [1.82, 2.24) is 9.66 Å². The van der Waals surface area contributed by atoms with Gasteiger partial charge in [-0.25, -0.2) is 4.98 Å². The Balaban J connectivity index is 1.64. The average molecular weight is 525 g/mol. The maximum Gasteiger partial charge on any atom is 0.282 e. The fourth-order valence-corrected chi connectivity index (χ4v) is 3.96. The van der Waals surface area contributed by atoms with E-state index in [0.29, 0.717) is 34.1 Å². The number of fused-ring (bicyclic) bond motifs is 1. The standard InChI is InChI=1S/C26H23BrClN3O2/c1-3-17(2)25-30-23-11-10-20(27)14-21(23)26(32)31(25)29-15-19-9-12-24(22(28)13-19)33-16-18-7-5-4-6-8-18/h4-15,17H,3,16H2,1-2H3/t17-/m1/s1. The maximum atomic E-state index is 13.2. The number of benzene rings is 3. The Morgan fingerprint density at radius 1 is 1.15 bits per heavy atom. The van der Waals surface area contributed by atoms with E-state index in [1.54, 1.807) is 24.4 Å². The molecule has 5 nitrogen and oxygen atoms in total. The highest BCUT2D eigenvalue weighted by atomic mass is 79.9. The molecule has 1 aromatic heterocycles. The fourth-order valence-electron chi connectivity index (χ4n) is 3.35. The first-order chi connectivity index (χ1) is 16.0. The van der Waals surface area contributed by atoms with Crippen LogP contribution in [0.5, 0.6) is 5.75 Å². The minimum absolute atomic E-state index is 0.0697. The first-order valence-electron chi connectivity index (χ1n) is 10.7. The van der Waals surface area contributed by atoms with Crippen LogP contribution < -0.4 is 10.3 Å². The zero-order valence-corrected chi connectivity index (χ0v) is 20.7. The number of hydrogen-bond acceptors (Lipinski definition) is 4. The lowest BCUT2D eigenvalue weighted by atomic mass is 10.1. The van der Waals surface area contributed by atoms with Gasteiger partial charge in [-0.2, -0.15) is 9.78 Å². The molecule has 1 heterocycles. The van der Waals surface area contributed by atoms with Crippen LogP contribution in [0.3, 0.4) is 0 Å². The van der Waals surface area contributed by atoms with E-state index >= 15 is 0 Å². The van der Waals surface area contributed by atoms with E-state index in [0.717, 1.165) is 22.0 Å². The topological polar surface area (TPSA) is 56.5 Å². The van der Waals surface area contributed by atoms with Crippen LogP contribution in [0.25, 0.3) is 10.9 Å². The van der Waals surface area contributed by atoms with Crippen molar-refractivity contribution in [2.24, 2.45) is 5.10 Å². The van der Waals surface area contributed by atoms with Gasteiger partial charge in [-0.15, -0.1) is 0 Å². The number of rotatable bonds is 7. The molecule has 0 bridgehead atoms. The first kappa shape index (κ1) is 23.2. The Bertz CT molecular complexity index is 1370. The van der Waals surface area contributed by atoms with Crippen LogP contribution in [0.15, 0.2) is 81.1 Å². The number of aromatic nitrogens is 2. The molecular formula is C26H23BrClN3O2.